The van der Waals surface area contributed by atoms with Crippen LogP contribution in [0.2, 0.25) is 0 Å². The first-order valence-corrected chi connectivity index (χ1v) is 6.68. The number of hydrogen-bond acceptors (Lipinski definition) is 6. The van der Waals surface area contributed by atoms with E-state index in [1.165, 1.54) is 11.9 Å². The van der Waals surface area contributed by atoms with E-state index in [1.54, 1.807) is 12.3 Å². The van der Waals surface area contributed by atoms with E-state index in [1.807, 2.05) is 25.2 Å². The molecule has 106 valence electrons. The molecule has 1 aromatic carbocycles. The third-order valence-corrected chi connectivity index (χ3v) is 3.21. The molecular weight excluding hydrogens is 266 g/mol. The minimum atomic E-state index is 0.130. The fraction of sp³-hybridized carbons (Fsp3) is 0.200. The second-order valence-corrected chi connectivity index (χ2v) is 4.56. The Morgan fingerprint density at radius 1 is 1.19 bits per heavy atom. The molecule has 3 aromatic rings. The first kappa shape index (κ1) is 13.4. The Hall–Kier alpha value is -2.60. The van der Waals surface area contributed by atoms with Crippen molar-refractivity contribution in [2.75, 3.05) is 7.05 Å². The molecule has 0 bridgehead atoms. The Balaban J connectivity index is 1.78. The van der Waals surface area contributed by atoms with Gasteiger partial charge in [-0.25, -0.2) is 9.97 Å². The SMILES string of the molecule is CNC(Cc1nc(-c2ccncn2)no1)c1ccccc1. The zero-order valence-electron chi connectivity index (χ0n) is 11.6. The molecule has 2 aromatic heterocycles. The van der Waals surface area contributed by atoms with Crippen LogP contribution in [-0.4, -0.2) is 27.2 Å². The Morgan fingerprint density at radius 3 is 2.76 bits per heavy atom. The molecule has 2 heterocycles. The standard InChI is InChI=1S/C15H15N5O/c1-16-13(11-5-3-2-4-6-11)9-14-19-15(20-21-14)12-7-8-17-10-18-12/h2-8,10,13,16H,9H2,1H3. The Bertz CT molecular complexity index is 684. The van der Waals surface area contributed by atoms with Crippen molar-refractivity contribution in [3.8, 4) is 11.5 Å². The van der Waals surface area contributed by atoms with E-state index in [-0.39, 0.29) is 6.04 Å². The zero-order valence-corrected chi connectivity index (χ0v) is 11.6. The molecule has 6 heteroatoms. The maximum Gasteiger partial charge on any atom is 0.228 e. The van der Waals surface area contributed by atoms with Gasteiger partial charge in [0.1, 0.15) is 12.0 Å². The summed E-state index contributed by atoms with van der Waals surface area (Å²) in [7, 11) is 1.92. The summed E-state index contributed by atoms with van der Waals surface area (Å²) in [5, 5.41) is 7.23. The van der Waals surface area contributed by atoms with Crippen LogP contribution in [0.4, 0.5) is 0 Å². The Kier molecular flexibility index (Phi) is 3.97. The van der Waals surface area contributed by atoms with E-state index in [0.717, 1.165) is 0 Å². The van der Waals surface area contributed by atoms with E-state index < -0.39 is 0 Å². The van der Waals surface area contributed by atoms with Crippen molar-refractivity contribution in [1.82, 2.24) is 25.4 Å². The molecule has 21 heavy (non-hydrogen) atoms. The maximum atomic E-state index is 5.31. The zero-order chi connectivity index (χ0) is 14.5. The first-order chi connectivity index (χ1) is 10.4. The Labute approximate surface area is 122 Å². The van der Waals surface area contributed by atoms with E-state index in [9.17, 15) is 0 Å². The van der Waals surface area contributed by atoms with E-state index >= 15 is 0 Å². The number of benzene rings is 1. The average Bonchev–Trinajstić information content (AvgIpc) is 3.03. The maximum absolute atomic E-state index is 5.31. The minimum Gasteiger partial charge on any atom is -0.339 e. The van der Waals surface area contributed by atoms with Crippen LogP contribution in [0.3, 0.4) is 0 Å². The molecule has 6 nitrogen and oxygen atoms in total. The van der Waals surface area contributed by atoms with E-state index in [4.69, 9.17) is 4.52 Å². The molecule has 1 N–H and O–H groups in total. The quantitative estimate of drug-likeness (QED) is 0.771. The second kappa shape index (κ2) is 6.23. The molecule has 0 saturated carbocycles. The number of rotatable bonds is 5. The lowest BCUT2D eigenvalue weighted by Crippen LogP contribution is -2.18. The predicted molar refractivity (Wildman–Crippen MR) is 77.3 cm³/mol. The van der Waals surface area contributed by atoms with Crippen LogP contribution in [-0.2, 0) is 6.42 Å². The highest BCUT2D eigenvalue weighted by Gasteiger charge is 2.15. The van der Waals surface area contributed by atoms with Gasteiger partial charge in [-0.2, -0.15) is 4.98 Å². The first-order valence-electron chi connectivity index (χ1n) is 6.68. The van der Waals surface area contributed by atoms with Gasteiger partial charge in [-0.15, -0.1) is 0 Å². The van der Waals surface area contributed by atoms with Crippen LogP contribution in [0.25, 0.3) is 11.5 Å². The number of hydrogen-bond donors (Lipinski definition) is 1. The molecule has 1 atom stereocenters. The normalized spacial score (nSPS) is 12.2. The smallest absolute Gasteiger partial charge is 0.228 e. The molecule has 1 unspecified atom stereocenters. The van der Waals surface area contributed by atoms with Crippen molar-refractivity contribution in [2.24, 2.45) is 0 Å². The molecule has 0 aliphatic heterocycles. The van der Waals surface area contributed by atoms with E-state index in [2.05, 4.69) is 37.6 Å². The molecule has 0 spiro atoms. The summed E-state index contributed by atoms with van der Waals surface area (Å²) >= 11 is 0. The largest absolute Gasteiger partial charge is 0.339 e. The van der Waals surface area contributed by atoms with Crippen LogP contribution in [0.1, 0.15) is 17.5 Å². The van der Waals surface area contributed by atoms with Gasteiger partial charge in [0.05, 0.1) is 0 Å². The molecular formula is C15H15N5O. The summed E-state index contributed by atoms with van der Waals surface area (Å²) in [6, 6.07) is 12.0. The summed E-state index contributed by atoms with van der Waals surface area (Å²) in [4.78, 5) is 12.4. The molecule has 0 amide bonds. The summed E-state index contributed by atoms with van der Waals surface area (Å²) in [5.74, 6) is 1.06. The van der Waals surface area contributed by atoms with Crippen LogP contribution in [0, 0.1) is 0 Å². The lowest BCUT2D eigenvalue weighted by molar-refractivity contribution is 0.362. The highest BCUT2D eigenvalue weighted by atomic mass is 16.5. The molecule has 0 saturated heterocycles. The van der Waals surface area contributed by atoms with Gasteiger partial charge in [0.15, 0.2) is 0 Å². The van der Waals surface area contributed by atoms with Crippen molar-refractivity contribution >= 4 is 0 Å². The second-order valence-electron chi connectivity index (χ2n) is 4.56. The van der Waals surface area contributed by atoms with Gasteiger partial charge in [0, 0.05) is 18.7 Å². The topological polar surface area (TPSA) is 76.7 Å². The summed E-state index contributed by atoms with van der Waals surface area (Å²) in [6.07, 6.45) is 3.74. The van der Waals surface area contributed by atoms with Gasteiger partial charge >= 0.3 is 0 Å². The van der Waals surface area contributed by atoms with Gasteiger partial charge in [-0.1, -0.05) is 35.5 Å². The van der Waals surface area contributed by atoms with E-state index in [0.29, 0.717) is 23.8 Å². The minimum absolute atomic E-state index is 0.130. The highest BCUT2D eigenvalue weighted by molar-refractivity contribution is 5.46. The summed E-state index contributed by atoms with van der Waals surface area (Å²) in [6.45, 7) is 0. The fourth-order valence-corrected chi connectivity index (χ4v) is 2.11. The fourth-order valence-electron chi connectivity index (χ4n) is 2.11. The molecule has 0 radical (unpaired) electrons. The summed E-state index contributed by atoms with van der Waals surface area (Å²) in [5.41, 5.74) is 1.84. The predicted octanol–water partition coefficient (Wildman–Crippen LogP) is 2.03. The summed E-state index contributed by atoms with van der Waals surface area (Å²) < 4.78 is 5.31. The van der Waals surface area contributed by atoms with Crippen LogP contribution >= 0.6 is 0 Å². The van der Waals surface area contributed by atoms with Crippen LogP contribution < -0.4 is 5.32 Å². The number of aromatic nitrogens is 4. The molecule has 0 fully saturated rings. The highest BCUT2D eigenvalue weighted by Crippen LogP contribution is 2.19. The lowest BCUT2D eigenvalue weighted by atomic mass is 10.0. The van der Waals surface area contributed by atoms with Gasteiger partial charge < -0.3 is 9.84 Å². The van der Waals surface area contributed by atoms with Gasteiger partial charge in [-0.05, 0) is 18.7 Å². The van der Waals surface area contributed by atoms with Crippen molar-refractivity contribution in [3.05, 3.63) is 60.4 Å². The van der Waals surface area contributed by atoms with Gasteiger partial charge in [-0.3, -0.25) is 0 Å². The molecule has 3 rings (SSSR count). The number of likely N-dealkylation sites (N-methyl/N-ethyl adjacent to an activating group) is 1. The monoisotopic (exact) mass is 281 g/mol. The van der Waals surface area contributed by atoms with Crippen LogP contribution in [0.5, 0.6) is 0 Å². The third-order valence-electron chi connectivity index (χ3n) is 3.21. The lowest BCUT2D eigenvalue weighted by Gasteiger charge is -2.13. The van der Waals surface area contributed by atoms with Gasteiger partial charge in [0.2, 0.25) is 11.7 Å². The van der Waals surface area contributed by atoms with Gasteiger partial charge in [0.25, 0.3) is 0 Å². The van der Waals surface area contributed by atoms with Crippen LogP contribution in [0.15, 0.2) is 53.4 Å². The van der Waals surface area contributed by atoms with Crippen molar-refractivity contribution < 1.29 is 4.52 Å². The number of nitrogens with zero attached hydrogens (tertiary/aromatic N) is 4. The molecule has 0 aliphatic carbocycles. The van der Waals surface area contributed by atoms with Crippen molar-refractivity contribution in [3.63, 3.8) is 0 Å². The Morgan fingerprint density at radius 2 is 2.05 bits per heavy atom. The third kappa shape index (κ3) is 3.11. The average molecular weight is 281 g/mol. The number of nitrogens with one attached hydrogen (secondary N) is 1. The molecule has 0 aliphatic rings. The van der Waals surface area contributed by atoms with Crippen molar-refractivity contribution in [1.29, 1.82) is 0 Å². The van der Waals surface area contributed by atoms with Crippen molar-refractivity contribution in [2.45, 2.75) is 12.5 Å².